The van der Waals surface area contributed by atoms with E-state index in [0.29, 0.717) is 43.2 Å². The number of nitrogens with zero attached hydrogens (tertiary/aromatic N) is 4. The Bertz CT molecular complexity index is 1290. The maximum atomic E-state index is 13.3. The van der Waals surface area contributed by atoms with Crippen LogP contribution >= 0.6 is 11.3 Å². The highest BCUT2D eigenvalue weighted by atomic mass is 32.2. The minimum atomic E-state index is -3.32. The number of nitrogens with one attached hydrogen (secondary N) is 1. The van der Waals surface area contributed by atoms with Crippen molar-refractivity contribution in [1.29, 1.82) is 0 Å². The number of aromatic nitrogens is 1. The van der Waals surface area contributed by atoms with Crippen LogP contribution < -0.4 is 5.32 Å². The van der Waals surface area contributed by atoms with E-state index in [1.807, 2.05) is 4.90 Å². The number of sulfone groups is 1. The number of amides is 2. The Morgan fingerprint density at radius 2 is 1.76 bits per heavy atom. The predicted octanol–water partition coefficient (Wildman–Crippen LogP) is 3.05. The van der Waals surface area contributed by atoms with Crippen LogP contribution in [-0.2, 0) is 30.8 Å². The van der Waals surface area contributed by atoms with Gasteiger partial charge in [-0.15, -0.1) is 11.3 Å². The van der Waals surface area contributed by atoms with Gasteiger partial charge in [-0.25, -0.2) is 13.4 Å². The van der Waals surface area contributed by atoms with Gasteiger partial charge in [0.25, 0.3) is 5.91 Å². The summed E-state index contributed by atoms with van der Waals surface area (Å²) in [6.45, 7) is 5.29. The van der Waals surface area contributed by atoms with E-state index in [0.717, 1.165) is 43.6 Å². The zero-order valence-electron chi connectivity index (χ0n) is 21.5. The summed E-state index contributed by atoms with van der Waals surface area (Å²) < 4.78 is 25.2. The molecule has 204 valence electrons. The molecule has 0 unspecified atom stereocenters. The molecule has 3 aliphatic rings. The van der Waals surface area contributed by atoms with Gasteiger partial charge in [0, 0.05) is 56.3 Å². The third-order valence-corrected chi connectivity index (χ3v) is 10.4. The molecule has 0 atom stereocenters. The van der Waals surface area contributed by atoms with E-state index in [2.05, 4.69) is 20.4 Å². The standard InChI is InChI=1S/C26H33N5O5S2/c1-18(32)31-14-12-30(13-15-31)17-21-16-27-26(37-21)28-25(33)24(29-36-20-4-2-3-5-20)19-6-8-22(9-7-19)38(34,35)23-10-11-23/h6-9,16,20,23H,2-5,10-15,17H2,1H3,(H,27,28,33). The summed E-state index contributed by atoms with van der Waals surface area (Å²) in [6.07, 6.45) is 7.05. The van der Waals surface area contributed by atoms with Crippen molar-refractivity contribution >= 4 is 43.8 Å². The third-order valence-electron chi connectivity index (χ3n) is 7.20. The second-order valence-electron chi connectivity index (χ2n) is 10.1. The van der Waals surface area contributed by atoms with Gasteiger partial charge >= 0.3 is 0 Å². The number of benzene rings is 1. The van der Waals surface area contributed by atoms with Gasteiger partial charge in [-0.3, -0.25) is 19.8 Å². The van der Waals surface area contributed by atoms with Crippen molar-refractivity contribution in [2.24, 2.45) is 5.16 Å². The number of carbonyl (C=O) groups is 2. The molecule has 3 fully saturated rings. The molecule has 1 aromatic heterocycles. The monoisotopic (exact) mass is 559 g/mol. The first-order chi connectivity index (χ1) is 18.3. The SMILES string of the molecule is CC(=O)N1CCN(Cc2cnc(NC(=O)C(=NOC3CCCC3)c3ccc(S(=O)(=O)C4CC4)cc3)s2)CC1. The number of carbonyl (C=O) groups excluding carboxylic acids is 2. The van der Waals surface area contributed by atoms with E-state index in [1.165, 1.54) is 23.5 Å². The van der Waals surface area contributed by atoms with Crippen LogP contribution in [-0.4, -0.2) is 78.3 Å². The van der Waals surface area contributed by atoms with Gasteiger partial charge in [0.2, 0.25) is 5.91 Å². The minimum Gasteiger partial charge on any atom is -0.392 e. The smallest absolute Gasteiger partial charge is 0.280 e. The van der Waals surface area contributed by atoms with Crippen molar-refractivity contribution in [3.05, 3.63) is 40.9 Å². The van der Waals surface area contributed by atoms with Crippen molar-refractivity contribution in [1.82, 2.24) is 14.8 Å². The molecule has 2 aromatic rings. The van der Waals surface area contributed by atoms with E-state index in [-0.39, 0.29) is 27.9 Å². The lowest BCUT2D eigenvalue weighted by molar-refractivity contribution is -0.130. The second kappa shape index (κ2) is 11.5. The Balaban J connectivity index is 1.26. The Morgan fingerprint density at radius 3 is 2.39 bits per heavy atom. The van der Waals surface area contributed by atoms with Crippen LogP contribution in [0.3, 0.4) is 0 Å². The number of anilines is 1. The summed E-state index contributed by atoms with van der Waals surface area (Å²) >= 11 is 1.39. The predicted molar refractivity (Wildman–Crippen MR) is 145 cm³/mol. The van der Waals surface area contributed by atoms with Gasteiger partial charge in [-0.1, -0.05) is 17.3 Å². The number of thiazole rings is 1. The Kier molecular flexibility index (Phi) is 8.10. The highest BCUT2D eigenvalue weighted by Crippen LogP contribution is 2.33. The molecule has 1 N–H and O–H groups in total. The molecule has 38 heavy (non-hydrogen) atoms. The first-order valence-corrected chi connectivity index (χ1v) is 15.5. The van der Waals surface area contributed by atoms with Gasteiger partial charge in [0.15, 0.2) is 20.7 Å². The molecule has 1 aliphatic heterocycles. The fourth-order valence-corrected chi connectivity index (χ4v) is 7.26. The Labute approximate surface area is 227 Å². The maximum absolute atomic E-state index is 13.3. The first kappa shape index (κ1) is 26.8. The number of hydrogen-bond acceptors (Lipinski definition) is 9. The Morgan fingerprint density at radius 1 is 1.08 bits per heavy atom. The van der Waals surface area contributed by atoms with Crippen molar-refractivity contribution < 1.29 is 22.8 Å². The zero-order chi connectivity index (χ0) is 26.7. The van der Waals surface area contributed by atoms with Crippen LogP contribution in [0, 0.1) is 0 Å². The van der Waals surface area contributed by atoms with Crippen LogP contribution in [0.5, 0.6) is 0 Å². The fourth-order valence-electron chi connectivity index (χ4n) is 4.76. The molecule has 2 aliphatic carbocycles. The van der Waals surface area contributed by atoms with Gasteiger partial charge in [0.05, 0.1) is 10.1 Å². The first-order valence-electron chi connectivity index (χ1n) is 13.1. The summed E-state index contributed by atoms with van der Waals surface area (Å²) in [4.78, 5) is 40.3. The second-order valence-corrected chi connectivity index (χ2v) is 13.4. The van der Waals surface area contributed by atoms with E-state index in [4.69, 9.17) is 4.84 Å². The van der Waals surface area contributed by atoms with Gasteiger partial charge in [-0.2, -0.15) is 0 Å². The fraction of sp³-hybridized carbons (Fsp3) is 0.538. The molecule has 1 saturated heterocycles. The lowest BCUT2D eigenvalue weighted by Crippen LogP contribution is -2.47. The quantitative estimate of drug-likeness (QED) is 0.370. The maximum Gasteiger partial charge on any atom is 0.280 e. The highest BCUT2D eigenvalue weighted by molar-refractivity contribution is 7.92. The highest BCUT2D eigenvalue weighted by Gasteiger charge is 2.37. The number of piperazine rings is 1. The molecule has 12 heteroatoms. The lowest BCUT2D eigenvalue weighted by atomic mass is 10.1. The van der Waals surface area contributed by atoms with E-state index < -0.39 is 15.7 Å². The summed E-state index contributed by atoms with van der Waals surface area (Å²) in [6, 6.07) is 6.29. The molecule has 0 spiro atoms. The van der Waals surface area contributed by atoms with Crippen LogP contribution in [0.15, 0.2) is 40.5 Å². The van der Waals surface area contributed by atoms with Gasteiger partial charge in [-0.05, 0) is 50.7 Å². The molecule has 5 rings (SSSR count). The largest absolute Gasteiger partial charge is 0.392 e. The van der Waals surface area contributed by atoms with Gasteiger partial charge in [0.1, 0.15) is 6.10 Å². The molecular weight excluding hydrogens is 526 g/mol. The topological polar surface area (TPSA) is 121 Å². The molecule has 0 radical (unpaired) electrons. The van der Waals surface area contributed by atoms with E-state index in [1.54, 1.807) is 25.3 Å². The van der Waals surface area contributed by atoms with Crippen LogP contribution in [0.4, 0.5) is 5.13 Å². The van der Waals surface area contributed by atoms with Crippen molar-refractivity contribution in [3.8, 4) is 0 Å². The molecule has 2 heterocycles. The van der Waals surface area contributed by atoms with Crippen LogP contribution in [0.25, 0.3) is 0 Å². The molecule has 0 bridgehead atoms. The number of oxime groups is 1. The molecular formula is C26H33N5O5S2. The van der Waals surface area contributed by atoms with Gasteiger partial charge < -0.3 is 9.74 Å². The average Bonchev–Trinajstić information content (AvgIpc) is 3.49. The van der Waals surface area contributed by atoms with Crippen LogP contribution in [0.1, 0.15) is 55.9 Å². The third kappa shape index (κ3) is 6.41. The minimum absolute atomic E-state index is 0.0257. The number of hydrogen-bond donors (Lipinski definition) is 1. The molecule has 1 aromatic carbocycles. The van der Waals surface area contributed by atoms with Crippen molar-refractivity contribution in [2.75, 3.05) is 31.5 Å². The van der Waals surface area contributed by atoms with Crippen LogP contribution in [0.2, 0.25) is 0 Å². The molecule has 2 amide bonds. The normalized spacial score (nSPS) is 19.5. The Hall–Kier alpha value is -2.83. The molecule has 10 nitrogen and oxygen atoms in total. The summed E-state index contributed by atoms with van der Waals surface area (Å²) in [5.74, 6) is -0.363. The number of rotatable bonds is 9. The molecule has 2 saturated carbocycles. The van der Waals surface area contributed by atoms with E-state index >= 15 is 0 Å². The zero-order valence-corrected chi connectivity index (χ0v) is 23.1. The van der Waals surface area contributed by atoms with E-state index in [9.17, 15) is 18.0 Å². The average molecular weight is 560 g/mol. The van der Waals surface area contributed by atoms with Crippen molar-refractivity contribution in [3.63, 3.8) is 0 Å². The summed E-state index contributed by atoms with van der Waals surface area (Å²) in [5.41, 5.74) is 0.569. The summed E-state index contributed by atoms with van der Waals surface area (Å²) in [5, 5.41) is 7.22. The lowest BCUT2D eigenvalue weighted by Gasteiger charge is -2.33. The summed E-state index contributed by atoms with van der Waals surface area (Å²) in [7, 11) is -3.32. The van der Waals surface area contributed by atoms with Crippen molar-refractivity contribution in [2.45, 2.75) is 68.2 Å².